The van der Waals surface area contributed by atoms with Crippen molar-refractivity contribution in [3.05, 3.63) is 64.9 Å². The lowest BCUT2D eigenvalue weighted by molar-refractivity contribution is 0.661. The molecule has 1 nitrogen and oxygen atoms in total. The Morgan fingerprint density at radius 3 is 2.55 bits per heavy atom. The summed E-state index contributed by atoms with van der Waals surface area (Å²) in [6.07, 6.45) is 4.31. The third-order valence-electron chi connectivity index (χ3n) is 5.07. The lowest BCUT2D eigenvalue weighted by Crippen LogP contribution is -2.14. The van der Waals surface area contributed by atoms with Gasteiger partial charge in [0.1, 0.15) is 0 Å². The van der Waals surface area contributed by atoms with Gasteiger partial charge in [-0.05, 0) is 48.2 Å². The van der Waals surface area contributed by atoms with Crippen molar-refractivity contribution in [2.45, 2.75) is 33.1 Å². The van der Waals surface area contributed by atoms with E-state index in [1.807, 2.05) is 0 Å². The molecule has 0 atom stereocenters. The van der Waals surface area contributed by atoms with Crippen LogP contribution in [-0.2, 0) is 5.41 Å². The number of rotatable bonds is 1. The van der Waals surface area contributed by atoms with E-state index >= 15 is 0 Å². The Labute approximate surface area is 131 Å². The second-order valence-electron chi connectivity index (χ2n) is 6.78. The SMILES string of the molecule is C/C=C\c1c(C)[nH]c2cc3c(cc12)-c1ccccc1C3(C)C. The zero-order chi connectivity index (χ0) is 15.5. The molecular weight excluding hydrogens is 266 g/mol. The quantitative estimate of drug-likeness (QED) is 0.581. The molecule has 110 valence electrons. The maximum absolute atomic E-state index is 3.55. The molecule has 0 amide bonds. The zero-order valence-corrected chi connectivity index (χ0v) is 13.6. The van der Waals surface area contributed by atoms with Crippen LogP contribution >= 0.6 is 0 Å². The fourth-order valence-corrected chi connectivity index (χ4v) is 3.93. The number of aromatic nitrogens is 1. The van der Waals surface area contributed by atoms with Crippen molar-refractivity contribution in [3.63, 3.8) is 0 Å². The number of fused-ring (bicyclic) bond motifs is 4. The van der Waals surface area contributed by atoms with Gasteiger partial charge in [-0.15, -0.1) is 0 Å². The van der Waals surface area contributed by atoms with Crippen molar-refractivity contribution in [3.8, 4) is 11.1 Å². The molecule has 0 aliphatic heterocycles. The van der Waals surface area contributed by atoms with E-state index in [2.05, 4.69) is 81.2 Å². The monoisotopic (exact) mass is 287 g/mol. The van der Waals surface area contributed by atoms with Gasteiger partial charge in [0.15, 0.2) is 0 Å². The molecular formula is C21H21N. The summed E-state index contributed by atoms with van der Waals surface area (Å²) in [6, 6.07) is 13.5. The first kappa shape index (κ1) is 13.4. The highest BCUT2D eigenvalue weighted by molar-refractivity contribution is 5.97. The molecule has 0 spiro atoms. The van der Waals surface area contributed by atoms with Crippen molar-refractivity contribution >= 4 is 17.0 Å². The minimum Gasteiger partial charge on any atom is -0.358 e. The van der Waals surface area contributed by atoms with Crippen LogP contribution in [0.2, 0.25) is 0 Å². The van der Waals surface area contributed by atoms with Crippen molar-refractivity contribution in [2.75, 3.05) is 0 Å². The average Bonchev–Trinajstić information content (AvgIpc) is 2.92. The first-order valence-corrected chi connectivity index (χ1v) is 7.93. The van der Waals surface area contributed by atoms with Gasteiger partial charge in [0.2, 0.25) is 0 Å². The highest BCUT2D eigenvalue weighted by atomic mass is 14.7. The van der Waals surface area contributed by atoms with Gasteiger partial charge in [-0.25, -0.2) is 0 Å². The summed E-state index contributed by atoms with van der Waals surface area (Å²) >= 11 is 0. The molecule has 0 saturated carbocycles. The van der Waals surface area contributed by atoms with Crippen LogP contribution in [0.5, 0.6) is 0 Å². The van der Waals surface area contributed by atoms with Crippen molar-refractivity contribution in [1.29, 1.82) is 0 Å². The maximum Gasteiger partial charge on any atom is 0.0465 e. The number of allylic oxidation sites excluding steroid dienone is 1. The first-order chi connectivity index (χ1) is 10.5. The molecule has 4 rings (SSSR count). The molecule has 0 fully saturated rings. The van der Waals surface area contributed by atoms with Crippen molar-refractivity contribution < 1.29 is 0 Å². The van der Waals surface area contributed by atoms with Gasteiger partial charge in [-0.3, -0.25) is 0 Å². The Morgan fingerprint density at radius 2 is 1.77 bits per heavy atom. The number of aryl methyl sites for hydroxylation is 1. The molecule has 1 aliphatic carbocycles. The lowest BCUT2D eigenvalue weighted by Gasteiger charge is -2.21. The van der Waals surface area contributed by atoms with Gasteiger partial charge < -0.3 is 4.98 Å². The normalized spacial score (nSPS) is 15.5. The van der Waals surface area contributed by atoms with Crippen LogP contribution in [-0.4, -0.2) is 4.98 Å². The summed E-state index contributed by atoms with van der Waals surface area (Å²) in [6.45, 7) is 8.88. The number of nitrogens with one attached hydrogen (secondary N) is 1. The van der Waals surface area contributed by atoms with E-state index in [9.17, 15) is 0 Å². The Morgan fingerprint density at radius 1 is 1.00 bits per heavy atom. The molecule has 2 aromatic carbocycles. The smallest absolute Gasteiger partial charge is 0.0465 e. The molecule has 0 radical (unpaired) electrons. The molecule has 1 N–H and O–H groups in total. The third kappa shape index (κ3) is 1.60. The fraction of sp³-hybridized carbons (Fsp3) is 0.238. The van der Waals surface area contributed by atoms with Crippen molar-refractivity contribution in [2.24, 2.45) is 0 Å². The summed E-state index contributed by atoms with van der Waals surface area (Å²) in [5.41, 5.74) is 9.49. The summed E-state index contributed by atoms with van der Waals surface area (Å²) in [4.78, 5) is 3.55. The van der Waals surface area contributed by atoms with E-state index in [1.165, 1.54) is 44.4 Å². The second kappa shape index (κ2) is 4.36. The van der Waals surface area contributed by atoms with Gasteiger partial charge in [0, 0.05) is 27.6 Å². The van der Waals surface area contributed by atoms with Crippen LogP contribution in [0.25, 0.3) is 28.1 Å². The Bertz CT molecular complexity index is 922. The summed E-state index contributed by atoms with van der Waals surface area (Å²) in [7, 11) is 0. The maximum atomic E-state index is 3.55. The number of H-pyrrole nitrogens is 1. The Balaban J connectivity index is 2.11. The number of hydrogen-bond donors (Lipinski definition) is 1. The number of benzene rings is 2. The molecule has 0 saturated heterocycles. The standard InChI is InChI=1S/C21H21N/c1-5-8-14-13(2)22-20-12-19-16(11-17(14)20)15-9-6-7-10-18(15)21(19,3)4/h5-12,22H,1-4H3/b8-5-. The van der Waals surface area contributed by atoms with Crippen LogP contribution in [0.3, 0.4) is 0 Å². The fourth-order valence-electron chi connectivity index (χ4n) is 3.93. The average molecular weight is 287 g/mol. The predicted octanol–water partition coefficient (Wildman–Crippen LogP) is 5.82. The molecule has 1 aromatic heterocycles. The van der Waals surface area contributed by atoms with E-state index in [4.69, 9.17) is 0 Å². The Kier molecular flexibility index (Phi) is 2.65. The van der Waals surface area contributed by atoms with Crippen LogP contribution in [0, 0.1) is 6.92 Å². The van der Waals surface area contributed by atoms with E-state index in [0.717, 1.165) is 0 Å². The largest absolute Gasteiger partial charge is 0.358 e. The number of hydrogen-bond acceptors (Lipinski definition) is 0. The highest BCUT2D eigenvalue weighted by Crippen LogP contribution is 2.50. The van der Waals surface area contributed by atoms with Crippen LogP contribution < -0.4 is 0 Å². The van der Waals surface area contributed by atoms with Gasteiger partial charge >= 0.3 is 0 Å². The molecule has 1 heterocycles. The summed E-state index contributed by atoms with van der Waals surface area (Å²) < 4.78 is 0. The van der Waals surface area contributed by atoms with Gasteiger partial charge in [0.25, 0.3) is 0 Å². The van der Waals surface area contributed by atoms with E-state index in [1.54, 1.807) is 0 Å². The topological polar surface area (TPSA) is 15.8 Å². The molecule has 1 heteroatoms. The molecule has 0 bridgehead atoms. The van der Waals surface area contributed by atoms with Crippen molar-refractivity contribution in [1.82, 2.24) is 4.98 Å². The third-order valence-corrected chi connectivity index (χ3v) is 5.07. The van der Waals surface area contributed by atoms with E-state index in [-0.39, 0.29) is 5.41 Å². The molecule has 22 heavy (non-hydrogen) atoms. The van der Waals surface area contributed by atoms with Gasteiger partial charge in [-0.2, -0.15) is 0 Å². The van der Waals surface area contributed by atoms with Crippen LogP contribution in [0.4, 0.5) is 0 Å². The number of aromatic amines is 1. The first-order valence-electron chi connectivity index (χ1n) is 7.93. The summed E-state index contributed by atoms with van der Waals surface area (Å²) in [5, 5.41) is 1.32. The highest BCUT2D eigenvalue weighted by Gasteiger charge is 2.35. The Hall–Kier alpha value is -2.28. The van der Waals surface area contributed by atoms with E-state index in [0.29, 0.717) is 0 Å². The second-order valence-corrected chi connectivity index (χ2v) is 6.78. The van der Waals surface area contributed by atoms with Gasteiger partial charge in [-0.1, -0.05) is 50.3 Å². The lowest BCUT2D eigenvalue weighted by atomic mass is 9.82. The van der Waals surface area contributed by atoms with Crippen LogP contribution in [0.15, 0.2) is 42.5 Å². The zero-order valence-electron chi connectivity index (χ0n) is 13.6. The molecule has 3 aromatic rings. The summed E-state index contributed by atoms with van der Waals surface area (Å²) in [5.74, 6) is 0. The predicted molar refractivity (Wildman–Crippen MR) is 95.3 cm³/mol. The van der Waals surface area contributed by atoms with Crippen LogP contribution in [0.1, 0.15) is 43.2 Å². The minimum absolute atomic E-state index is 0.0693. The minimum atomic E-state index is 0.0693. The van der Waals surface area contributed by atoms with E-state index < -0.39 is 0 Å². The molecule has 0 unspecified atom stereocenters. The van der Waals surface area contributed by atoms with Gasteiger partial charge in [0.05, 0.1) is 0 Å². The molecule has 1 aliphatic rings.